The largest absolute Gasteiger partial charge is 0.451 e. The quantitative estimate of drug-likeness (QED) is 0.672. The Balaban J connectivity index is 2.57. The van der Waals surface area contributed by atoms with Crippen molar-refractivity contribution >= 4 is 11.8 Å². The van der Waals surface area contributed by atoms with Gasteiger partial charge in [0.15, 0.2) is 11.4 Å². The number of esters is 1. The highest BCUT2D eigenvalue weighted by Gasteiger charge is 2.46. The first-order valence-corrected chi connectivity index (χ1v) is 5.59. The third-order valence-electron chi connectivity index (χ3n) is 3.13. The van der Waals surface area contributed by atoms with Crippen molar-refractivity contribution in [2.45, 2.75) is 52.6 Å². The summed E-state index contributed by atoms with van der Waals surface area (Å²) in [7, 11) is 0. The minimum atomic E-state index is -0.862. The molecule has 0 aromatic heterocycles. The van der Waals surface area contributed by atoms with Crippen molar-refractivity contribution in [3.8, 4) is 0 Å². The van der Waals surface area contributed by atoms with Crippen LogP contribution < -0.4 is 0 Å². The van der Waals surface area contributed by atoms with Crippen LogP contribution in [0.3, 0.4) is 0 Å². The van der Waals surface area contributed by atoms with E-state index in [1.165, 1.54) is 6.92 Å². The van der Waals surface area contributed by atoms with Crippen LogP contribution in [0.25, 0.3) is 0 Å². The van der Waals surface area contributed by atoms with Crippen LogP contribution in [0.5, 0.6) is 0 Å². The maximum absolute atomic E-state index is 11.5. The summed E-state index contributed by atoms with van der Waals surface area (Å²) in [4.78, 5) is 22.9. The first kappa shape index (κ1) is 12.2. The second-order valence-corrected chi connectivity index (χ2v) is 5.08. The normalized spacial score (nSPS) is 30.7. The van der Waals surface area contributed by atoms with Gasteiger partial charge >= 0.3 is 5.97 Å². The van der Waals surface area contributed by atoms with Crippen LogP contribution in [-0.4, -0.2) is 17.4 Å². The summed E-state index contributed by atoms with van der Waals surface area (Å²) in [6, 6.07) is 0. The van der Waals surface area contributed by atoms with E-state index in [0.29, 0.717) is 12.3 Å². The van der Waals surface area contributed by atoms with Crippen molar-refractivity contribution in [3.63, 3.8) is 0 Å². The Bertz CT molecular complexity index is 270. The van der Waals surface area contributed by atoms with E-state index in [0.717, 1.165) is 12.8 Å². The minimum Gasteiger partial charge on any atom is -0.451 e. The van der Waals surface area contributed by atoms with Crippen molar-refractivity contribution in [2.24, 2.45) is 11.8 Å². The molecule has 2 unspecified atom stereocenters. The van der Waals surface area contributed by atoms with Gasteiger partial charge in [-0.2, -0.15) is 0 Å². The second-order valence-electron chi connectivity index (χ2n) is 5.08. The fourth-order valence-electron chi connectivity index (χ4n) is 1.87. The monoisotopic (exact) mass is 212 g/mol. The summed E-state index contributed by atoms with van der Waals surface area (Å²) in [6.07, 6.45) is 2.39. The van der Waals surface area contributed by atoms with Crippen LogP contribution in [0.15, 0.2) is 0 Å². The zero-order valence-electron chi connectivity index (χ0n) is 10.0. The van der Waals surface area contributed by atoms with E-state index in [4.69, 9.17) is 4.74 Å². The van der Waals surface area contributed by atoms with Crippen LogP contribution in [0.4, 0.5) is 0 Å². The van der Waals surface area contributed by atoms with E-state index in [1.54, 1.807) is 6.92 Å². The van der Waals surface area contributed by atoms with Crippen LogP contribution >= 0.6 is 0 Å². The van der Waals surface area contributed by atoms with Gasteiger partial charge in [-0.15, -0.1) is 0 Å². The smallest absolute Gasteiger partial charge is 0.310 e. The zero-order chi connectivity index (χ0) is 11.6. The van der Waals surface area contributed by atoms with Gasteiger partial charge in [-0.25, -0.2) is 0 Å². The summed E-state index contributed by atoms with van der Waals surface area (Å²) < 4.78 is 5.17. The number of hydrogen-bond donors (Lipinski definition) is 0. The highest BCUT2D eigenvalue weighted by molar-refractivity contribution is 5.90. The number of hydrogen-bond acceptors (Lipinski definition) is 3. The summed E-state index contributed by atoms with van der Waals surface area (Å²) in [5, 5.41) is 0. The molecule has 1 fully saturated rings. The van der Waals surface area contributed by atoms with Crippen molar-refractivity contribution in [1.29, 1.82) is 0 Å². The molecular weight excluding hydrogens is 192 g/mol. The molecule has 1 heterocycles. The molecule has 15 heavy (non-hydrogen) atoms. The SMILES string of the molecule is CC(=O)C1(C)CC(CCC(C)C)C(=O)O1. The van der Waals surface area contributed by atoms with Gasteiger partial charge in [-0.3, -0.25) is 9.59 Å². The minimum absolute atomic E-state index is 0.0529. The van der Waals surface area contributed by atoms with E-state index >= 15 is 0 Å². The van der Waals surface area contributed by atoms with Crippen LogP contribution in [-0.2, 0) is 14.3 Å². The molecule has 0 aliphatic carbocycles. The van der Waals surface area contributed by atoms with E-state index in [9.17, 15) is 9.59 Å². The molecule has 3 heteroatoms. The summed E-state index contributed by atoms with van der Waals surface area (Å²) in [6.45, 7) is 7.45. The van der Waals surface area contributed by atoms with Gasteiger partial charge in [0.25, 0.3) is 0 Å². The molecule has 0 aromatic rings. The topological polar surface area (TPSA) is 43.4 Å². The Morgan fingerprint density at radius 1 is 1.60 bits per heavy atom. The fraction of sp³-hybridized carbons (Fsp3) is 0.833. The molecule has 1 aliphatic rings. The maximum Gasteiger partial charge on any atom is 0.310 e. The Morgan fingerprint density at radius 2 is 2.20 bits per heavy atom. The average molecular weight is 212 g/mol. The Hall–Kier alpha value is -0.860. The number of carbonyl (C=O) groups excluding carboxylic acids is 2. The molecule has 0 bridgehead atoms. The first-order chi connectivity index (χ1) is 6.85. The molecule has 0 amide bonds. The van der Waals surface area contributed by atoms with Gasteiger partial charge in [0, 0.05) is 6.42 Å². The number of rotatable bonds is 4. The lowest BCUT2D eigenvalue weighted by atomic mass is 9.88. The molecule has 86 valence electrons. The average Bonchev–Trinajstić information content (AvgIpc) is 2.39. The number of ketones is 1. The van der Waals surface area contributed by atoms with Gasteiger partial charge in [0.05, 0.1) is 5.92 Å². The summed E-state index contributed by atoms with van der Waals surface area (Å²) in [5.41, 5.74) is -0.862. The molecular formula is C12H20O3. The lowest BCUT2D eigenvalue weighted by Gasteiger charge is -2.18. The lowest BCUT2D eigenvalue weighted by Crippen LogP contribution is -2.32. The van der Waals surface area contributed by atoms with Crippen LogP contribution in [0.1, 0.15) is 47.0 Å². The third kappa shape index (κ3) is 2.80. The zero-order valence-corrected chi connectivity index (χ0v) is 10.0. The molecule has 1 aliphatic heterocycles. The number of ether oxygens (including phenoxy) is 1. The molecule has 1 rings (SSSR count). The molecule has 0 spiro atoms. The Kier molecular flexibility index (Phi) is 3.53. The van der Waals surface area contributed by atoms with Crippen molar-refractivity contribution in [1.82, 2.24) is 0 Å². The molecule has 0 N–H and O–H groups in total. The maximum atomic E-state index is 11.5. The van der Waals surface area contributed by atoms with Crippen molar-refractivity contribution < 1.29 is 14.3 Å². The van der Waals surface area contributed by atoms with Gasteiger partial charge in [0.1, 0.15) is 0 Å². The number of cyclic esters (lactones) is 1. The molecule has 1 saturated heterocycles. The highest BCUT2D eigenvalue weighted by atomic mass is 16.6. The molecule has 0 aromatic carbocycles. The van der Waals surface area contributed by atoms with Gasteiger partial charge in [-0.05, 0) is 26.2 Å². The molecule has 0 radical (unpaired) electrons. The van der Waals surface area contributed by atoms with E-state index in [2.05, 4.69) is 13.8 Å². The molecule has 0 saturated carbocycles. The fourth-order valence-corrected chi connectivity index (χ4v) is 1.87. The van der Waals surface area contributed by atoms with Crippen LogP contribution in [0, 0.1) is 11.8 Å². The Labute approximate surface area is 91.2 Å². The van der Waals surface area contributed by atoms with E-state index in [1.807, 2.05) is 0 Å². The molecule has 3 nitrogen and oxygen atoms in total. The highest BCUT2D eigenvalue weighted by Crippen LogP contribution is 2.34. The van der Waals surface area contributed by atoms with Gasteiger partial charge in [0.2, 0.25) is 0 Å². The predicted molar refractivity (Wildman–Crippen MR) is 57.4 cm³/mol. The third-order valence-corrected chi connectivity index (χ3v) is 3.13. The lowest BCUT2D eigenvalue weighted by molar-refractivity contribution is -0.156. The van der Waals surface area contributed by atoms with Crippen LogP contribution in [0.2, 0.25) is 0 Å². The van der Waals surface area contributed by atoms with Crippen molar-refractivity contribution in [3.05, 3.63) is 0 Å². The molecule has 2 atom stereocenters. The standard InChI is InChI=1S/C12H20O3/c1-8(2)5-6-10-7-12(4,9(3)13)15-11(10)14/h8,10H,5-7H2,1-4H3. The van der Waals surface area contributed by atoms with Crippen molar-refractivity contribution in [2.75, 3.05) is 0 Å². The number of Topliss-reactive ketones (excluding diaryl/α,β-unsaturated/α-hetero) is 1. The first-order valence-electron chi connectivity index (χ1n) is 5.59. The second kappa shape index (κ2) is 4.33. The van der Waals surface area contributed by atoms with Gasteiger partial charge < -0.3 is 4.74 Å². The Morgan fingerprint density at radius 3 is 2.60 bits per heavy atom. The summed E-state index contributed by atoms with van der Waals surface area (Å²) >= 11 is 0. The predicted octanol–water partition coefficient (Wildman–Crippen LogP) is 2.33. The summed E-state index contributed by atoms with van der Waals surface area (Å²) in [5.74, 6) is 0.250. The number of carbonyl (C=O) groups is 2. The van der Waals surface area contributed by atoms with E-state index < -0.39 is 5.60 Å². The van der Waals surface area contributed by atoms with Gasteiger partial charge in [-0.1, -0.05) is 20.3 Å². The van der Waals surface area contributed by atoms with E-state index in [-0.39, 0.29) is 17.7 Å².